The van der Waals surface area contributed by atoms with Crippen LogP contribution in [0.15, 0.2) is 59.7 Å². The van der Waals surface area contributed by atoms with Gasteiger partial charge in [0.05, 0.1) is 5.75 Å². The van der Waals surface area contributed by atoms with E-state index in [2.05, 4.69) is 45.0 Å². The van der Waals surface area contributed by atoms with Gasteiger partial charge in [-0.1, -0.05) is 42.5 Å². The summed E-state index contributed by atoms with van der Waals surface area (Å²) in [5.74, 6) is 0.803. The van der Waals surface area contributed by atoms with Crippen LogP contribution < -0.4 is 10.6 Å². The summed E-state index contributed by atoms with van der Waals surface area (Å²) in [4.78, 5) is 7.55. The monoisotopic (exact) mass is 526 g/mol. The van der Waals surface area contributed by atoms with Gasteiger partial charge in [0.1, 0.15) is 0 Å². The maximum absolute atomic E-state index is 11.4. The van der Waals surface area contributed by atoms with Crippen molar-refractivity contribution in [2.24, 2.45) is 4.99 Å². The SMILES string of the molecule is CN=C(NCCc1c[nH]c2ccccc12)NCc1ccc(CS(C)(=O)=O)cc1.I. The van der Waals surface area contributed by atoms with Crippen molar-refractivity contribution in [1.82, 2.24) is 15.6 Å². The topological polar surface area (TPSA) is 86.3 Å². The largest absolute Gasteiger partial charge is 0.361 e. The molecule has 8 heteroatoms. The Morgan fingerprint density at radius 3 is 2.41 bits per heavy atom. The van der Waals surface area contributed by atoms with Crippen LogP contribution in [0.25, 0.3) is 10.9 Å². The van der Waals surface area contributed by atoms with Gasteiger partial charge in [-0.3, -0.25) is 4.99 Å². The Labute approximate surface area is 189 Å². The maximum atomic E-state index is 11.4. The predicted octanol–water partition coefficient (Wildman–Crippen LogP) is 3.24. The Morgan fingerprint density at radius 2 is 1.72 bits per heavy atom. The number of para-hydroxylation sites is 1. The predicted molar refractivity (Wildman–Crippen MR) is 131 cm³/mol. The van der Waals surface area contributed by atoms with E-state index in [1.807, 2.05) is 30.3 Å². The van der Waals surface area contributed by atoms with Crippen molar-refractivity contribution in [2.75, 3.05) is 19.8 Å². The highest BCUT2D eigenvalue weighted by Gasteiger charge is 2.05. The summed E-state index contributed by atoms with van der Waals surface area (Å²) in [6.07, 6.45) is 4.19. The Morgan fingerprint density at radius 1 is 1.03 bits per heavy atom. The molecule has 0 aliphatic carbocycles. The van der Waals surface area contributed by atoms with Gasteiger partial charge < -0.3 is 15.6 Å². The molecule has 0 aliphatic rings. The van der Waals surface area contributed by atoms with Crippen molar-refractivity contribution in [1.29, 1.82) is 0 Å². The fraction of sp³-hybridized carbons (Fsp3) is 0.286. The van der Waals surface area contributed by atoms with Crippen molar-refractivity contribution < 1.29 is 8.42 Å². The highest BCUT2D eigenvalue weighted by Crippen LogP contribution is 2.17. The second-order valence-electron chi connectivity index (χ2n) is 6.85. The van der Waals surface area contributed by atoms with Gasteiger partial charge in [0.25, 0.3) is 0 Å². The second kappa shape index (κ2) is 10.6. The van der Waals surface area contributed by atoms with Gasteiger partial charge in [0.15, 0.2) is 15.8 Å². The Hall–Kier alpha value is -2.07. The molecular formula is C21H27IN4O2S. The van der Waals surface area contributed by atoms with Gasteiger partial charge in [-0.15, -0.1) is 24.0 Å². The van der Waals surface area contributed by atoms with Gasteiger partial charge in [-0.25, -0.2) is 8.42 Å². The number of sulfone groups is 1. The van der Waals surface area contributed by atoms with Crippen molar-refractivity contribution in [2.45, 2.75) is 18.7 Å². The number of hydrogen-bond acceptors (Lipinski definition) is 3. The first kappa shape index (κ1) is 23.2. The number of benzene rings is 2. The third kappa shape index (κ3) is 7.04. The average molecular weight is 526 g/mol. The fourth-order valence-electron chi connectivity index (χ4n) is 3.12. The molecule has 1 heterocycles. The molecule has 0 aliphatic heterocycles. The lowest BCUT2D eigenvalue weighted by atomic mass is 10.1. The molecule has 2 aromatic carbocycles. The molecule has 156 valence electrons. The minimum Gasteiger partial charge on any atom is -0.361 e. The molecule has 0 amide bonds. The molecule has 3 N–H and O–H groups in total. The van der Waals surface area contributed by atoms with E-state index < -0.39 is 9.84 Å². The molecule has 0 saturated heterocycles. The minimum absolute atomic E-state index is 0. The van der Waals surface area contributed by atoms with Gasteiger partial charge in [0, 0.05) is 43.5 Å². The standard InChI is InChI=1S/C21H26N4O2S.HI/c1-22-21(23-12-11-18-14-24-20-6-4-3-5-19(18)20)25-13-16-7-9-17(10-8-16)15-28(2,26)27;/h3-10,14,24H,11-13,15H2,1-2H3,(H2,22,23,25);1H. The summed E-state index contributed by atoms with van der Waals surface area (Å²) in [6, 6.07) is 15.9. The molecular weight excluding hydrogens is 499 g/mol. The molecule has 3 aromatic rings. The van der Waals surface area contributed by atoms with Crippen LogP contribution >= 0.6 is 24.0 Å². The summed E-state index contributed by atoms with van der Waals surface area (Å²) in [5.41, 5.74) is 4.30. The summed E-state index contributed by atoms with van der Waals surface area (Å²) in [6.45, 7) is 1.39. The van der Waals surface area contributed by atoms with Gasteiger partial charge in [0.2, 0.25) is 0 Å². The number of nitrogens with one attached hydrogen (secondary N) is 3. The number of hydrogen-bond donors (Lipinski definition) is 3. The van der Waals surface area contributed by atoms with Crippen molar-refractivity contribution in [3.05, 3.63) is 71.4 Å². The highest BCUT2D eigenvalue weighted by atomic mass is 127. The first-order chi connectivity index (χ1) is 13.4. The first-order valence-corrected chi connectivity index (χ1v) is 11.3. The number of nitrogens with zero attached hydrogens (tertiary/aromatic N) is 1. The lowest BCUT2D eigenvalue weighted by Crippen LogP contribution is -2.37. The summed E-state index contributed by atoms with van der Waals surface area (Å²) < 4.78 is 22.7. The molecule has 6 nitrogen and oxygen atoms in total. The van der Waals surface area contributed by atoms with Crippen molar-refractivity contribution in [3.63, 3.8) is 0 Å². The van der Waals surface area contributed by atoms with E-state index in [9.17, 15) is 8.42 Å². The number of guanidine groups is 1. The van der Waals surface area contributed by atoms with Crippen LogP contribution in [0.2, 0.25) is 0 Å². The molecule has 0 fully saturated rings. The van der Waals surface area contributed by atoms with Crippen LogP contribution in [0.1, 0.15) is 16.7 Å². The quantitative estimate of drug-likeness (QED) is 0.251. The molecule has 29 heavy (non-hydrogen) atoms. The molecule has 3 rings (SSSR count). The van der Waals surface area contributed by atoms with Crippen LogP contribution in [0.5, 0.6) is 0 Å². The number of aliphatic imine (C=N–C) groups is 1. The summed E-state index contributed by atoms with van der Waals surface area (Å²) in [7, 11) is -1.26. The number of aromatic amines is 1. The Kier molecular flexibility index (Phi) is 8.51. The van der Waals surface area contributed by atoms with E-state index in [1.165, 1.54) is 17.2 Å². The normalized spacial score (nSPS) is 11.9. The van der Waals surface area contributed by atoms with Crippen molar-refractivity contribution in [3.8, 4) is 0 Å². The second-order valence-corrected chi connectivity index (χ2v) is 8.99. The van der Waals surface area contributed by atoms with E-state index in [-0.39, 0.29) is 29.7 Å². The number of H-pyrrole nitrogens is 1. The number of halogens is 1. The van der Waals surface area contributed by atoms with Crippen molar-refractivity contribution >= 4 is 50.7 Å². The van der Waals surface area contributed by atoms with Crippen LogP contribution in [0.4, 0.5) is 0 Å². The van der Waals surface area contributed by atoms with E-state index in [0.717, 1.165) is 35.6 Å². The summed E-state index contributed by atoms with van der Waals surface area (Å²) >= 11 is 0. The Balaban J connectivity index is 0.00000300. The van der Waals surface area contributed by atoms with E-state index in [4.69, 9.17) is 0 Å². The number of rotatable bonds is 7. The molecule has 0 radical (unpaired) electrons. The Bertz CT molecular complexity index is 1060. The van der Waals surface area contributed by atoms with E-state index in [0.29, 0.717) is 6.54 Å². The zero-order chi connectivity index (χ0) is 20.0. The fourth-order valence-corrected chi connectivity index (χ4v) is 3.91. The molecule has 1 aromatic heterocycles. The minimum atomic E-state index is -3.01. The smallest absolute Gasteiger partial charge is 0.191 e. The summed E-state index contributed by atoms with van der Waals surface area (Å²) in [5, 5.41) is 7.87. The lowest BCUT2D eigenvalue weighted by Gasteiger charge is -2.12. The number of aromatic nitrogens is 1. The zero-order valence-electron chi connectivity index (χ0n) is 16.6. The lowest BCUT2D eigenvalue weighted by molar-refractivity contribution is 0.601. The number of fused-ring (bicyclic) bond motifs is 1. The highest BCUT2D eigenvalue weighted by molar-refractivity contribution is 14.0. The zero-order valence-corrected chi connectivity index (χ0v) is 19.8. The van der Waals surface area contributed by atoms with E-state index in [1.54, 1.807) is 7.05 Å². The molecule has 0 bridgehead atoms. The third-order valence-electron chi connectivity index (χ3n) is 4.50. The van der Waals surface area contributed by atoms with Gasteiger partial charge in [-0.05, 0) is 29.2 Å². The van der Waals surface area contributed by atoms with Crippen LogP contribution in [-0.4, -0.2) is 39.2 Å². The molecule has 0 atom stereocenters. The average Bonchev–Trinajstić information content (AvgIpc) is 3.08. The van der Waals surface area contributed by atoms with Crippen LogP contribution in [0.3, 0.4) is 0 Å². The van der Waals surface area contributed by atoms with Crippen LogP contribution in [0, 0.1) is 0 Å². The van der Waals surface area contributed by atoms with Crippen LogP contribution in [-0.2, 0) is 28.6 Å². The van der Waals surface area contributed by atoms with Gasteiger partial charge >= 0.3 is 0 Å². The molecule has 0 unspecified atom stereocenters. The molecule has 0 spiro atoms. The first-order valence-electron chi connectivity index (χ1n) is 9.19. The third-order valence-corrected chi connectivity index (χ3v) is 5.35. The molecule has 0 saturated carbocycles. The van der Waals surface area contributed by atoms with Gasteiger partial charge in [-0.2, -0.15) is 0 Å². The maximum Gasteiger partial charge on any atom is 0.191 e. The van der Waals surface area contributed by atoms with E-state index >= 15 is 0 Å².